The second-order valence-corrected chi connectivity index (χ2v) is 8.69. The molecule has 1 aliphatic carbocycles. The van der Waals surface area contributed by atoms with Crippen molar-refractivity contribution in [2.75, 3.05) is 23.7 Å². The Hall–Kier alpha value is -4.10. The van der Waals surface area contributed by atoms with Crippen LogP contribution >= 0.6 is 0 Å². The molecule has 2 aromatic rings. The fraction of sp³-hybridized carbons (Fsp3) is 0.346. The number of fused-ring (bicyclic) bond motifs is 1. The molecule has 175 valence electrons. The summed E-state index contributed by atoms with van der Waals surface area (Å²) in [4.78, 5) is 4.45. The van der Waals surface area contributed by atoms with Crippen molar-refractivity contribution in [2.24, 2.45) is 11.3 Å². The monoisotopic (exact) mass is 674 g/mol. The largest absolute Gasteiger partial charge is 0.394 e. The van der Waals surface area contributed by atoms with Crippen LogP contribution in [0.1, 0.15) is 31.9 Å². The minimum absolute atomic E-state index is 0. The van der Waals surface area contributed by atoms with E-state index >= 15 is 0 Å². The van der Waals surface area contributed by atoms with Gasteiger partial charge in [0, 0.05) is 12.7 Å². The van der Waals surface area contributed by atoms with E-state index in [1.165, 1.54) is 11.1 Å². The van der Waals surface area contributed by atoms with Crippen molar-refractivity contribution in [3.63, 3.8) is 0 Å². The molecule has 2 heterocycles. The molecule has 32 heavy (non-hydrogen) atoms. The number of nitrogens with one attached hydrogen (secondary N) is 3. The van der Waals surface area contributed by atoms with Crippen LogP contribution in [0.2, 0.25) is 0 Å². The normalized spacial score (nSPS) is 23.3. The maximum Gasteiger partial charge on any atom is 0.147 e. The number of nitrogens with zero attached hydrogens (tertiary/aromatic N) is 2. The zero-order valence-corrected chi connectivity index (χ0v) is 20.6. The number of anilines is 2. The van der Waals surface area contributed by atoms with Crippen LogP contribution in [0, 0.1) is 29.1 Å². The van der Waals surface area contributed by atoms with Gasteiger partial charge in [0.1, 0.15) is 5.82 Å². The molecule has 5 nitrogen and oxygen atoms in total. The molecule has 1 unspecified atom stereocenters. The number of nitriles is 1. The average Bonchev–Trinajstić information content (AvgIpc) is 2.82. The van der Waals surface area contributed by atoms with Crippen molar-refractivity contribution in [1.82, 2.24) is 10.3 Å². The number of benzene rings is 1. The molecule has 0 saturated carbocycles. The molecule has 1 radical (unpaired) electrons. The van der Waals surface area contributed by atoms with Gasteiger partial charge < -0.3 is 16.0 Å². The number of hydrogen-bond donors (Lipinski definition) is 3. The number of rotatable bonds is 7. The van der Waals surface area contributed by atoms with E-state index in [2.05, 4.69) is 76.8 Å². The van der Waals surface area contributed by atoms with E-state index in [9.17, 15) is 5.26 Å². The van der Waals surface area contributed by atoms with Gasteiger partial charge in [-0.15, -0.1) is 0 Å². The van der Waals surface area contributed by atoms with Gasteiger partial charge in [0.25, 0.3) is 0 Å². The van der Waals surface area contributed by atoms with Gasteiger partial charge in [-0.05, 0) is 43.5 Å². The minimum atomic E-state index is -0.374. The maximum absolute atomic E-state index is 9.33. The Bertz CT molecular complexity index is 997. The first-order chi connectivity index (χ1) is 15.1. The van der Waals surface area contributed by atoms with Gasteiger partial charge in [0.05, 0.1) is 17.2 Å². The minimum Gasteiger partial charge on any atom is -0.394 e. The van der Waals surface area contributed by atoms with E-state index in [4.69, 9.17) is 0 Å². The van der Waals surface area contributed by atoms with Crippen molar-refractivity contribution in [3.8, 4) is 6.07 Å². The van der Waals surface area contributed by atoms with Gasteiger partial charge in [-0.2, -0.15) is 5.26 Å². The average molecular weight is 675 g/mol. The summed E-state index contributed by atoms with van der Waals surface area (Å²) in [5.41, 5.74) is 3.21. The molecule has 1 aromatic carbocycles. The maximum atomic E-state index is 9.33. The van der Waals surface area contributed by atoms with Crippen LogP contribution in [-0.2, 0) is 0 Å². The van der Waals surface area contributed by atoms with Gasteiger partial charge >= 0.3 is 0 Å². The van der Waals surface area contributed by atoms with Gasteiger partial charge in [-0.25, -0.2) is 4.98 Å². The van der Waals surface area contributed by atoms with Crippen LogP contribution < -0.4 is 16.0 Å². The molecule has 2 aliphatic rings. The molecule has 4 atom stereocenters. The molecule has 0 fully saturated rings. The Kier molecular flexibility index (Phi) is 6.92. The smallest absolute Gasteiger partial charge is 0.147 e. The Labute approximate surface area is 185 Å². The third kappa shape index (κ3) is 5.14. The van der Waals surface area contributed by atoms with Crippen LogP contribution in [0.25, 0.3) is 0 Å². The number of hydrogen-bond acceptors (Lipinski definition) is 5. The predicted molar refractivity (Wildman–Crippen MR) is 126 cm³/mol. The summed E-state index contributed by atoms with van der Waals surface area (Å²) < 4.78 is 0. The first kappa shape index (κ1) is 22.6. The number of pyridine rings is 1. The fourth-order valence-corrected chi connectivity index (χ4v) is 4.03. The second kappa shape index (κ2) is 9.80. The summed E-state index contributed by atoms with van der Waals surface area (Å²) >= 11 is 0. The molecule has 3 N–H and O–H groups in total. The van der Waals surface area contributed by atoms with Crippen molar-refractivity contribution in [2.45, 2.75) is 32.4 Å². The van der Waals surface area contributed by atoms with Crippen molar-refractivity contribution < 1.29 is 0 Å². The number of aromatic nitrogens is 1. The zero-order valence-electron chi connectivity index (χ0n) is 18.4. The van der Waals surface area contributed by atoms with Gasteiger partial charge in [-0.3, -0.25) is 6.42 Å². The summed E-state index contributed by atoms with van der Waals surface area (Å²) in [6.07, 6.45) is 11.3. The first-order valence-corrected chi connectivity index (χ1v) is 11.0. The van der Waals surface area contributed by atoms with Crippen LogP contribution in [0.15, 0.2) is 72.5 Å². The molecule has 0 saturated heterocycles. The molecule has 1 aromatic heterocycles. The Balaban J connectivity index is 0.00000289. The summed E-state index contributed by atoms with van der Waals surface area (Å²) in [5.74, 6) is 1.26. The quantitative estimate of drug-likeness (QED) is 0.366. The van der Waals surface area contributed by atoms with E-state index in [1.54, 1.807) is 0 Å². The standard InChI is InChI=1S/C26H30N5.Lr/c1-19(20-10-12-26(2,18-27)13-11-20)16-29-24(21-7-4-3-5-8-21)15-22-17-30-23-9-6-14-28-25(23)31-22;/h3-12,14-15,19,22,24,29-30H,13,16-17H2,1-2H3,(H,28,31);/q-1;/t19-,22+,24-,26?;/m1./s1. The van der Waals surface area contributed by atoms with E-state index in [-0.39, 0.29) is 17.5 Å². The molecular weight excluding hydrogens is 644 g/mol. The molecular formula is C26H30LrN5-. The number of allylic oxidation sites excluding steroid dienone is 3. The van der Waals surface area contributed by atoms with E-state index in [0.717, 1.165) is 31.0 Å². The van der Waals surface area contributed by atoms with Gasteiger partial charge in [0.2, 0.25) is 0 Å². The topological polar surface area (TPSA) is 72.8 Å². The third-order valence-corrected chi connectivity index (χ3v) is 6.10. The van der Waals surface area contributed by atoms with Crippen LogP contribution in [-0.4, -0.2) is 24.1 Å². The second-order valence-electron chi connectivity index (χ2n) is 8.69. The Morgan fingerprint density at radius 2 is 2.09 bits per heavy atom. The summed E-state index contributed by atoms with van der Waals surface area (Å²) in [5, 5.41) is 20.1. The van der Waals surface area contributed by atoms with Crippen LogP contribution in [0.3, 0.4) is 0 Å². The Morgan fingerprint density at radius 3 is 2.81 bits per heavy atom. The summed E-state index contributed by atoms with van der Waals surface area (Å²) in [6, 6.07) is 17.2. The van der Waals surface area contributed by atoms with Crippen molar-refractivity contribution >= 4 is 11.5 Å². The summed E-state index contributed by atoms with van der Waals surface area (Å²) in [7, 11) is 0. The van der Waals surface area contributed by atoms with Gasteiger partial charge in [-0.1, -0.05) is 73.1 Å². The molecule has 0 amide bonds. The van der Waals surface area contributed by atoms with Crippen LogP contribution in [0.4, 0.5) is 11.5 Å². The fourth-order valence-electron chi connectivity index (χ4n) is 4.03. The zero-order chi connectivity index (χ0) is 21.7. The van der Waals surface area contributed by atoms with Crippen molar-refractivity contribution in [3.05, 3.63) is 84.4 Å². The predicted octanol–water partition coefficient (Wildman–Crippen LogP) is 4.88. The first-order valence-electron chi connectivity index (χ1n) is 11.0. The van der Waals surface area contributed by atoms with Crippen molar-refractivity contribution in [1.29, 1.82) is 5.26 Å². The van der Waals surface area contributed by atoms with E-state index < -0.39 is 0 Å². The molecule has 4 rings (SSSR count). The Morgan fingerprint density at radius 1 is 1.28 bits per heavy atom. The SMILES string of the molecule is C[C@H](CN[C@H]([CH-][C@H]1CNc2cccnc2N1)c1ccccc1)C1=CCC(C)(C#N)C=C1.[Lr]. The summed E-state index contributed by atoms with van der Waals surface area (Å²) in [6.45, 7) is 5.89. The molecule has 0 bridgehead atoms. The van der Waals surface area contributed by atoms with Gasteiger partial charge in [0.15, 0.2) is 0 Å². The third-order valence-electron chi connectivity index (χ3n) is 6.10. The molecule has 1 aliphatic heterocycles. The molecule has 6 heteroatoms. The van der Waals surface area contributed by atoms with E-state index in [0.29, 0.717) is 5.92 Å². The van der Waals surface area contributed by atoms with Crippen LogP contribution in [0.5, 0.6) is 0 Å². The molecule has 0 spiro atoms. The van der Waals surface area contributed by atoms with E-state index in [1.807, 2.05) is 37.4 Å².